The fourth-order valence-corrected chi connectivity index (χ4v) is 4.19. The summed E-state index contributed by atoms with van der Waals surface area (Å²) >= 11 is 0. The van der Waals surface area contributed by atoms with Gasteiger partial charge in [0.2, 0.25) is 0 Å². The number of nitrogens with zero attached hydrogens (tertiary/aromatic N) is 3. The molecule has 5 nitrogen and oxygen atoms in total. The number of hydrogen-bond acceptors (Lipinski definition) is 3. The number of aromatic nitrogens is 2. The Kier molecular flexibility index (Phi) is 5.34. The fourth-order valence-electron chi connectivity index (χ4n) is 4.19. The first-order chi connectivity index (χ1) is 12.0. The molecule has 2 atom stereocenters. The molecule has 2 aliphatic heterocycles. The number of carbonyl (C=O) groups is 1. The second kappa shape index (κ2) is 7.37. The topological polar surface area (TPSA) is 50.2 Å². The molecule has 1 amide bonds. The molecule has 1 aromatic heterocycles. The van der Waals surface area contributed by atoms with E-state index in [0.717, 1.165) is 12.8 Å². The molecule has 0 saturated carbocycles. The molecule has 140 valence electrons. The molecule has 0 aliphatic carbocycles. The lowest BCUT2D eigenvalue weighted by Crippen LogP contribution is -2.48. The van der Waals surface area contributed by atoms with Gasteiger partial charge in [-0.2, -0.15) is 5.10 Å². The van der Waals surface area contributed by atoms with E-state index in [-0.39, 0.29) is 30.2 Å². The van der Waals surface area contributed by atoms with E-state index in [4.69, 9.17) is 0 Å². The third-order valence-corrected chi connectivity index (χ3v) is 5.64. The first kappa shape index (κ1) is 18.9. The lowest BCUT2D eigenvalue weighted by molar-refractivity contribution is 0.0681. The highest BCUT2D eigenvalue weighted by molar-refractivity contribution is 5.95. The molecule has 2 aliphatic rings. The summed E-state index contributed by atoms with van der Waals surface area (Å²) in [6.07, 6.45) is 5.95. The number of hydrogen-bond donors (Lipinski definition) is 1. The van der Waals surface area contributed by atoms with Crippen LogP contribution in [0.5, 0.6) is 0 Å². The summed E-state index contributed by atoms with van der Waals surface area (Å²) in [5.74, 6) is -0.387. The molecule has 0 spiro atoms. The second-order valence-corrected chi connectivity index (χ2v) is 7.19. The maximum atomic E-state index is 14.0. The van der Waals surface area contributed by atoms with Gasteiger partial charge in [-0.25, -0.2) is 9.07 Å². The Hall–Kier alpha value is -1.92. The predicted molar refractivity (Wildman–Crippen MR) is 101 cm³/mol. The van der Waals surface area contributed by atoms with Gasteiger partial charge in [0.15, 0.2) is 0 Å². The standard InChI is InChI=1S/C19H23FN4O.ClH/c1-12-16(11-21-24(12)18-6-4-3-5-17(18)20)19(25)23(2)15-9-13-7-8-14(10-15)22-13;/h3-6,11,13-15,22H,7-10H2,1-2H3;1H. The zero-order valence-electron chi connectivity index (χ0n) is 15.0. The zero-order chi connectivity index (χ0) is 17.6. The molecular weight excluding hydrogens is 355 g/mol. The second-order valence-electron chi connectivity index (χ2n) is 7.19. The summed E-state index contributed by atoms with van der Waals surface area (Å²) in [4.78, 5) is 14.8. The van der Waals surface area contributed by atoms with Crippen molar-refractivity contribution in [3.05, 3.63) is 47.5 Å². The summed E-state index contributed by atoms with van der Waals surface area (Å²) in [6.45, 7) is 1.81. The smallest absolute Gasteiger partial charge is 0.257 e. The highest BCUT2D eigenvalue weighted by Gasteiger charge is 2.37. The van der Waals surface area contributed by atoms with E-state index in [1.807, 2.05) is 18.9 Å². The minimum Gasteiger partial charge on any atom is -0.338 e. The SMILES string of the molecule is Cc1c(C(=O)N(C)C2CC3CCC(C2)N3)cnn1-c1ccccc1F.Cl. The van der Waals surface area contributed by atoms with Crippen LogP contribution in [0.25, 0.3) is 5.69 Å². The Bertz CT molecular complexity index is 797. The average molecular weight is 379 g/mol. The van der Waals surface area contributed by atoms with Crippen molar-refractivity contribution >= 4 is 18.3 Å². The Morgan fingerprint density at radius 3 is 2.58 bits per heavy atom. The Morgan fingerprint density at radius 1 is 1.27 bits per heavy atom. The minimum atomic E-state index is -0.351. The fraction of sp³-hybridized carbons (Fsp3) is 0.474. The molecule has 2 unspecified atom stereocenters. The molecule has 3 heterocycles. The number of rotatable bonds is 3. The van der Waals surface area contributed by atoms with Crippen LogP contribution in [0.15, 0.2) is 30.5 Å². The number of halogens is 2. The van der Waals surface area contributed by atoms with Crippen LogP contribution in [0.1, 0.15) is 41.7 Å². The van der Waals surface area contributed by atoms with Crippen LogP contribution in [-0.4, -0.2) is 45.8 Å². The van der Waals surface area contributed by atoms with Crippen molar-refractivity contribution in [1.82, 2.24) is 20.0 Å². The van der Waals surface area contributed by atoms with E-state index in [1.165, 1.54) is 23.6 Å². The summed E-state index contributed by atoms with van der Waals surface area (Å²) in [6, 6.07) is 7.78. The van der Waals surface area contributed by atoms with Gasteiger partial charge < -0.3 is 10.2 Å². The van der Waals surface area contributed by atoms with Crippen LogP contribution in [0.4, 0.5) is 4.39 Å². The molecule has 2 fully saturated rings. The average Bonchev–Trinajstić information content (AvgIpc) is 3.16. The zero-order valence-corrected chi connectivity index (χ0v) is 15.8. The van der Waals surface area contributed by atoms with Crippen molar-refractivity contribution in [2.45, 2.75) is 50.7 Å². The summed E-state index contributed by atoms with van der Waals surface area (Å²) in [5, 5.41) is 7.86. The molecule has 0 radical (unpaired) electrons. The summed E-state index contributed by atoms with van der Waals surface area (Å²) < 4.78 is 15.5. The van der Waals surface area contributed by atoms with Gasteiger partial charge in [-0.15, -0.1) is 12.4 Å². The molecule has 1 N–H and O–H groups in total. The van der Waals surface area contributed by atoms with Crippen molar-refractivity contribution in [1.29, 1.82) is 0 Å². The van der Waals surface area contributed by atoms with Crippen molar-refractivity contribution in [2.75, 3.05) is 7.05 Å². The Morgan fingerprint density at radius 2 is 1.92 bits per heavy atom. The third-order valence-electron chi connectivity index (χ3n) is 5.64. The van der Waals surface area contributed by atoms with Crippen LogP contribution in [0.3, 0.4) is 0 Å². The van der Waals surface area contributed by atoms with Crippen LogP contribution in [0.2, 0.25) is 0 Å². The van der Waals surface area contributed by atoms with Gasteiger partial charge in [0.05, 0.1) is 17.5 Å². The molecule has 26 heavy (non-hydrogen) atoms. The van der Waals surface area contributed by atoms with E-state index >= 15 is 0 Å². The maximum Gasteiger partial charge on any atom is 0.257 e. The first-order valence-corrected chi connectivity index (χ1v) is 8.87. The molecule has 1 aromatic carbocycles. The van der Waals surface area contributed by atoms with Crippen molar-refractivity contribution in [3.8, 4) is 5.69 Å². The van der Waals surface area contributed by atoms with Gasteiger partial charge in [-0.1, -0.05) is 12.1 Å². The highest BCUT2D eigenvalue weighted by Crippen LogP contribution is 2.30. The monoisotopic (exact) mass is 378 g/mol. The Balaban J connectivity index is 0.00000196. The van der Waals surface area contributed by atoms with Crippen LogP contribution in [0, 0.1) is 12.7 Å². The van der Waals surface area contributed by atoms with Gasteiger partial charge >= 0.3 is 0 Å². The van der Waals surface area contributed by atoms with Crippen molar-refractivity contribution in [3.63, 3.8) is 0 Å². The molecule has 2 saturated heterocycles. The third kappa shape index (κ3) is 3.23. The number of benzene rings is 1. The lowest BCUT2D eigenvalue weighted by atomic mass is 9.98. The van der Waals surface area contributed by atoms with E-state index in [9.17, 15) is 9.18 Å². The van der Waals surface area contributed by atoms with Crippen LogP contribution < -0.4 is 5.32 Å². The van der Waals surface area contributed by atoms with E-state index < -0.39 is 0 Å². The molecule has 7 heteroatoms. The molecule has 2 aromatic rings. The largest absolute Gasteiger partial charge is 0.338 e. The minimum absolute atomic E-state index is 0. The normalized spacial score (nSPS) is 24.2. The quantitative estimate of drug-likeness (QED) is 0.892. The van der Waals surface area contributed by atoms with Gasteiger partial charge in [0, 0.05) is 25.2 Å². The number of piperidine rings is 1. The molecule has 4 rings (SSSR count). The van der Waals surface area contributed by atoms with E-state index in [0.29, 0.717) is 29.0 Å². The predicted octanol–water partition coefficient (Wildman–Crippen LogP) is 3.10. The number of nitrogens with one attached hydrogen (secondary N) is 1. The summed E-state index contributed by atoms with van der Waals surface area (Å²) in [7, 11) is 1.87. The highest BCUT2D eigenvalue weighted by atomic mass is 35.5. The van der Waals surface area contributed by atoms with Crippen LogP contribution in [-0.2, 0) is 0 Å². The molecule has 2 bridgehead atoms. The number of carbonyl (C=O) groups excluding carboxylic acids is 1. The number of para-hydroxylation sites is 1. The first-order valence-electron chi connectivity index (χ1n) is 8.87. The van der Waals surface area contributed by atoms with E-state index in [2.05, 4.69) is 10.4 Å². The number of fused-ring (bicyclic) bond motifs is 2. The van der Waals surface area contributed by atoms with Crippen molar-refractivity contribution in [2.24, 2.45) is 0 Å². The van der Waals surface area contributed by atoms with E-state index in [1.54, 1.807) is 24.4 Å². The van der Waals surface area contributed by atoms with Crippen molar-refractivity contribution < 1.29 is 9.18 Å². The van der Waals surface area contributed by atoms with Gasteiger partial charge in [0.25, 0.3) is 5.91 Å². The maximum absolute atomic E-state index is 14.0. The van der Waals surface area contributed by atoms with Gasteiger partial charge in [0.1, 0.15) is 11.5 Å². The lowest BCUT2D eigenvalue weighted by Gasteiger charge is -2.35. The van der Waals surface area contributed by atoms with Gasteiger partial charge in [-0.3, -0.25) is 4.79 Å². The summed E-state index contributed by atoms with van der Waals surface area (Å²) in [5.41, 5.74) is 1.57. The van der Waals surface area contributed by atoms with Gasteiger partial charge in [-0.05, 0) is 44.7 Å². The molecular formula is C19H24ClFN4O. The Labute approximate surface area is 159 Å². The van der Waals surface area contributed by atoms with Crippen LogP contribution >= 0.6 is 12.4 Å². The number of amides is 1.